The van der Waals surface area contributed by atoms with E-state index in [1.807, 2.05) is 11.3 Å². The van der Waals surface area contributed by atoms with Crippen LogP contribution in [-0.4, -0.2) is 20.4 Å². The topological polar surface area (TPSA) is 3.88 Å². The maximum atomic E-state index is 2.51. The van der Waals surface area contributed by atoms with Crippen molar-refractivity contribution in [3.63, 3.8) is 0 Å². The van der Waals surface area contributed by atoms with Crippen LogP contribution in [0.2, 0.25) is 0 Å². The molecule has 1 nitrogen and oxygen atoms in total. The molecule has 6 aromatic rings. The zero-order valence-corrected chi connectivity index (χ0v) is 29.4. The van der Waals surface area contributed by atoms with Gasteiger partial charge in [0.25, 0.3) is 0 Å². The van der Waals surface area contributed by atoms with Gasteiger partial charge in [0.05, 0.1) is 0 Å². The number of rotatable bonds is 3. The molecule has 0 bridgehead atoms. The number of pyridine rings is 1. The standard InChI is InChI=1S/C38H42NSTe/c1-22-26-13-11-12-14-28(26)31(38(7,8)9)20-30(22)33-36-27(17-18-39(33)10)24(3)35(41-36)34-23(2)29-19-25(21-37(4,5)6)15-16-32(29)40-34/h11-20H,21H2,1-10H3/q+1. The molecule has 3 aromatic heterocycles. The van der Waals surface area contributed by atoms with Crippen LogP contribution in [0.15, 0.2) is 60.8 Å². The summed E-state index contributed by atoms with van der Waals surface area (Å²) in [4.78, 5) is 1.52. The Balaban J connectivity index is 1.59. The molecule has 0 aliphatic heterocycles. The molecule has 3 heterocycles. The fourth-order valence-corrected chi connectivity index (χ4v) is 12.3. The van der Waals surface area contributed by atoms with E-state index in [-0.39, 0.29) is 5.41 Å². The van der Waals surface area contributed by atoms with Crippen LogP contribution in [0.4, 0.5) is 0 Å². The Bertz CT molecular complexity index is 1970. The number of hydrogen-bond donors (Lipinski definition) is 0. The fraction of sp³-hybridized carbons (Fsp3) is 0.342. The number of fused-ring (bicyclic) bond motifs is 3. The van der Waals surface area contributed by atoms with Gasteiger partial charge in [0, 0.05) is 0 Å². The van der Waals surface area contributed by atoms with Crippen molar-refractivity contribution < 1.29 is 4.57 Å². The summed E-state index contributed by atoms with van der Waals surface area (Å²) < 4.78 is 7.03. The Labute approximate surface area is 259 Å². The quantitative estimate of drug-likeness (QED) is 0.130. The predicted octanol–water partition coefficient (Wildman–Crippen LogP) is 10.2. The number of nitrogens with zero attached hydrogens (tertiary/aromatic N) is 1. The number of benzene rings is 3. The number of aryl methyl sites for hydroxylation is 4. The first-order chi connectivity index (χ1) is 19.2. The molecule has 6 rings (SSSR count). The van der Waals surface area contributed by atoms with E-state index in [4.69, 9.17) is 0 Å². The summed E-state index contributed by atoms with van der Waals surface area (Å²) in [6.45, 7) is 21.1. The van der Waals surface area contributed by atoms with E-state index in [0.717, 1.165) is 6.42 Å². The molecule has 0 spiro atoms. The van der Waals surface area contributed by atoms with E-state index in [1.54, 1.807) is 6.98 Å². The van der Waals surface area contributed by atoms with Crippen LogP contribution in [0.25, 0.3) is 49.4 Å². The molecule has 0 aliphatic rings. The molecule has 0 aliphatic carbocycles. The summed E-state index contributed by atoms with van der Waals surface area (Å²) in [6.07, 6.45) is 3.39. The average molecular weight is 672 g/mol. The molecule has 0 saturated heterocycles. The number of aromatic nitrogens is 1. The van der Waals surface area contributed by atoms with E-state index >= 15 is 0 Å². The van der Waals surface area contributed by atoms with Crippen LogP contribution in [0, 0.1) is 26.2 Å². The molecule has 210 valence electrons. The molecule has 0 amide bonds. The molecule has 0 N–H and O–H groups in total. The molecule has 0 radical (unpaired) electrons. The molecule has 0 atom stereocenters. The van der Waals surface area contributed by atoms with Gasteiger partial charge < -0.3 is 0 Å². The van der Waals surface area contributed by atoms with Crippen molar-refractivity contribution >= 4 is 61.4 Å². The first-order valence-electron chi connectivity index (χ1n) is 14.7. The molecule has 0 unspecified atom stereocenters. The van der Waals surface area contributed by atoms with Gasteiger partial charge in [-0.3, -0.25) is 0 Å². The van der Waals surface area contributed by atoms with Gasteiger partial charge in [0.15, 0.2) is 0 Å². The molecule has 0 fully saturated rings. The number of hydrogen-bond acceptors (Lipinski definition) is 1. The molecule has 3 aromatic carbocycles. The van der Waals surface area contributed by atoms with E-state index < -0.39 is 20.4 Å². The summed E-state index contributed by atoms with van der Waals surface area (Å²) in [7, 11) is 2.24. The molecular weight excluding hydrogens is 630 g/mol. The maximum absolute atomic E-state index is 2.51. The SMILES string of the molecule is Cc1c(-c2[te]c3c(-c4cc(C(C)(C)C)c5ccccc5c4C)[n+](C)ccc3c2C)sc2ccc(CC(C)(C)C)cc12. The third kappa shape index (κ3) is 4.99. The summed E-state index contributed by atoms with van der Waals surface area (Å²) in [6, 6.07) is 21.1. The van der Waals surface area contributed by atoms with Crippen molar-refractivity contribution in [1.29, 1.82) is 0 Å². The van der Waals surface area contributed by atoms with Gasteiger partial charge in [0.1, 0.15) is 0 Å². The van der Waals surface area contributed by atoms with Crippen LogP contribution in [0.5, 0.6) is 0 Å². The van der Waals surface area contributed by atoms with Gasteiger partial charge in [-0.2, -0.15) is 0 Å². The van der Waals surface area contributed by atoms with E-state index in [9.17, 15) is 0 Å². The minimum atomic E-state index is -0.577. The van der Waals surface area contributed by atoms with Crippen molar-refractivity contribution in [2.45, 2.75) is 74.1 Å². The van der Waals surface area contributed by atoms with Crippen LogP contribution < -0.4 is 4.57 Å². The Morgan fingerprint density at radius 2 is 1.46 bits per heavy atom. The summed E-state index contributed by atoms with van der Waals surface area (Å²) in [5.41, 5.74) is 10.4. The second-order valence-electron chi connectivity index (χ2n) is 14.1. The Hall–Kier alpha value is -2.44. The van der Waals surface area contributed by atoms with Gasteiger partial charge >= 0.3 is 261 Å². The predicted molar refractivity (Wildman–Crippen MR) is 182 cm³/mol. The van der Waals surface area contributed by atoms with Gasteiger partial charge in [-0.1, -0.05) is 0 Å². The average Bonchev–Trinajstić information content (AvgIpc) is 3.39. The van der Waals surface area contributed by atoms with Gasteiger partial charge in [0.2, 0.25) is 0 Å². The zero-order chi connectivity index (χ0) is 29.4. The van der Waals surface area contributed by atoms with Gasteiger partial charge in [-0.05, 0) is 0 Å². The Kier molecular flexibility index (Phi) is 7.05. The van der Waals surface area contributed by atoms with Gasteiger partial charge in [-0.25, -0.2) is 0 Å². The molecule has 41 heavy (non-hydrogen) atoms. The van der Waals surface area contributed by atoms with E-state index in [0.29, 0.717) is 5.41 Å². The van der Waals surface area contributed by atoms with Crippen molar-refractivity contribution in [3.05, 3.63) is 88.6 Å². The van der Waals surface area contributed by atoms with Crippen molar-refractivity contribution in [1.82, 2.24) is 0 Å². The van der Waals surface area contributed by atoms with Crippen molar-refractivity contribution in [2.75, 3.05) is 0 Å². The first kappa shape index (κ1) is 28.7. The summed E-state index contributed by atoms with van der Waals surface area (Å²) in [5, 5.41) is 5.67. The third-order valence-electron chi connectivity index (χ3n) is 8.54. The van der Waals surface area contributed by atoms with Crippen LogP contribution in [-0.2, 0) is 18.9 Å². The zero-order valence-electron chi connectivity index (χ0n) is 26.2. The van der Waals surface area contributed by atoms with Crippen molar-refractivity contribution in [2.24, 2.45) is 12.5 Å². The molecular formula is C38H42NSTe+. The van der Waals surface area contributed by atoms with Crippen molar-refractivity contribution in [3.8, 4) is 19.7 Å². The molecule has 0 saturated carbocycles. The van der Waals surface area contributed by atoms with Crippen LogP contribution >= 0.6 is 11.3 Å². The Morgan fingerprint density at radius 1 is 0.756 bits per heavy atom. The summed E-state index contributed by atoms with van der Waals surface area (Å²) >= 11 is 1.43. The second kappa shape index (κ2) is 10.1. The second-order valence-corrected chi connectivity index (χ2v) is 18.1. The van der Waals surface area contributed by atoms with Gasteiger partial charge in [-0.15, -0.1) is 0 Å². The van der Waals surface area contributed by atoms with Crippen LogP contribution in [0.3, 0.4) is 0 Å². The minimum absolute atomic E-state index is 0.0641. The van der Waals surface area contributed by atoms with E-state index in [2.05, 4.69) is 135 Å². The Morgan fingerprint density at radius 3 is 2.15 bits per heavy atom. The number of thiophene rings is 1. The monoisotopic (exact) mass is 674 g/mol. The fourth-order valence-electron chi connectivity index (χ4n) is 6.45. The van der Waals surface area contributed by atoms with Crippen LogP contribution in [0.1, 0.15) is 69.4 Å². The third-order valence-corrected chi connectivity index (χ3v) is 14.0. The summed E-state index contributed by atoms with van der Waals surface area (Å²) in [5.74, 6) is 0. The molecule has 3 heteroatoms. The first-order valence-corrected chi connectivity index (χ1v) is 17.9. The normalized spacial score (nSPS) is 12.7. The van der Waals surface area contributed by atoms with E-state index in [1.165, 1.54) is 70.2 Å².